The van der Waals surface area contributed by atoms with E-state index in [0.717, 1.165) is 4.90 Å². The van der Waals surface area contributed by atoms with Crippen LogP contribution in [-0.4, -0.2) is 76.3 Å². The predicted molar refractivity (Wildman–Crippen MR) is 71.3 cm³/mol. The second-order valence-electron chi connectivity index (χ2n) is 5.61. The van der Waals surface area contributed by atoms with Gasteiger partial charge in [-0.05, 0) is 19.8 Å². The van der Waals surface area contributed by atoms with Crippen LogP contribution in [0, 0.1) is 5.92 Å². The van der Waals surface area contributed by atoms with Crippen LogP contribution >= 0.6 is 0 Å². The maximum atomic E-state index is 12.3. The van der Waals surface area contributed by atoms with Crippen LogP contribution in [0.25, 0.3) is 0 Å². The summed E-state index contributed by atoms with van der Waals surface area (Å²) in [6.07, 6.45) is 0.788. The number of rotatable bonds is 3. The number of likely N-dealkylation sites (tertiary alicyclic amines) is 1. The third kappa shape index (κ3) is 2.98. The average Bonchev–Trinajstić information content (AvgIpc) is 2.65. The van der Waals surface area contributed by atoms with E-state index in [-0.39, 0.29) is 30.9 Å². The lowest BCUT2D eigenvalue weighted by Crippen LogP contribution is -2.50. The number of hydrogen-bond donors (Lipinski definition) is 1. The van der Waals surface area contributed by atoms with Crippen molar-refractivity contribution in [2.75, 3.05) is 26.7 Å². The molecule has 0 saturated carbocycles. The number of imide groups is 1. The Labute approximate surface area is 122 Å². The Balaban J connectivity index is 1.97. The fourth-order valence-electron chi connectivity index (χ4n) is 2.82. The molecule has 2 aliphatic rings. The summed E-state index contributed by atoms with van der Waals surface area (Å²) in [4.78, 5) is 50.4. The van der Waals surface area contributed by atoms with Crippen molar-refractivity contribution in [3.05, 3.63) is 0 Å². The molecular weight excluding hydrogens is 278 g/mol. The minimum atomic E-state index is -0.847. The van der Waals surface area contributed by atoms with E-state index in [1.54, 1.807) is 11.8 Å². The fourth-order valence-corrected chi connectivity index (χ4v) is 2.82. The van der Waals surface area contributed by atoms with Gasteiger partial charge in [-0.25, -0.2) is 4.79 Å². The van der Waals surface area contributed by atoms with Gasteiger partial charge in [0.2, 0.25) is 5.91 Å². The van der Waals surface area contributed by atoms with Gasteiger partial charge in [0.25, 0.3) is 5.91 Å². The van der Waals surface area contributed by atoms with Crippen molar-refractivity contribution < 1.29 is 24.3 Å². The Morgan fingerprint density at radius 1 is 1.33 bits per heavy atom. The van der Waals surface area contributed by atoms with Crippen LogP contribution in [0.1, 0.15) is 19.8 Å². The number of carboxylic acid groups (broad SMARTS) is 1. The molecule has 2 aliphatic heterocycles. The predicted octanol–water partition coefficient (Wildman–Crippen LogP) is -0.408. The number of aliphatic carboxylic acids is 1. The molecule has 2 unspecified atom stereocenters. The number of carbonyl (C=O) groups is 4. The molecule has 2 heterocycles. The van der Waals surface area contributed by atoms with Gasteiger partial charge in [-0.1, -0.05) is 0 Å². The maximum absolute atomic E-state index is 12.3. The molecule has 2 atom stereocenters. The molecule has 2 saturated heterocycles. The molecular formula is C13H19N3O5. The van der Waals surface area contributed by atoms with Gasteiger partial charge in [0.05, 0.1) is 5.92 Å². The molecule has 0 aromatic carbocycles. The van der Waals surface area contributed by atoms with Gasteiger partial charge in [0.15, 0.2) is 0 Å². The Hall–Kier alpha value is -2.12. The van der Waals surface area contributed by atoms with Crippen molar-refractivity contribution in [3.8, 4) is 0 Å². The minimum Gasteiger partial charge on any atom is -0.481 e. The lowest BCUT2D eigenvalue weighted by molar-refractivity contribution is -0.148. The van der Waals surface area contributed by atoms with Crippen molar-refractivity contribution in [1.82, 2.24) is 14.7 Å². The number of urea groups is 1. The van der Waals surface area contributed by atoms with Crippen LogP contribution in [0.15, 0.2) is 0 Å². The SMILES string of the molecule is CC1CC(C(=O)O)CCN1C(=O)CN1C(=O)CN(C)C1=O. The molecule has 0 aliphatic carbocycles. The van der Waals surface area contributed by atoms with E-state index in [9.17, 15) is 19.2 Å². The van der Waals surface area contributed by atoms with E-state index in [4.69, 9.17) is 5.11 Å². The molecule has 21 heavy (non-hydrogen) atoms. The molecule has 116 valence electrons. The number of hydrogen-bond acceptors (Lipinski definition) is 4. The van der Waals surface area contributed by atoms with E-state index in [1.165, 1.54) is 11.9 Å². The molecule has 0 spiro atoms. The van der Waals surface area contributed by atoms with Gasteiger partial charge in [0.1, 0.15) is 13.1 Å². The Bertz CT molecular complexity index is 492. The summed E-state index contributed by atoms with van der Waals surface area (Å²) >= 11 is 0. The summed E-state index contributed by atoms with van der Waals surface area (Å²) in [7, 11) is 1.51. The molecule has 0 aromatic rings. The number of nitrogens with zero attached hydrogens (tertiary/aromatic N) is 3. The van der Waals surface area contributed by atoms with Crippen LogP contribution in [0.3, 0.4) is 0 Å². The highest BCUT2D eigenvalue weighted by Gasteiger charge is 2.38. The van der Waals surface area contributed by atoms with Crippen LogP contribution in [0.4, 0.5) is 4.79 Å². The van der Waals surface area contributed by atoms with Gasteiger partial charge in [-0.3, -0.25) is 19.3 Å². The van der Waals surface area contributed by atoms with Gasteiger partial charge in [-0.2, -0.15) is 0 Å². The second-order valence-corrected chi connectivity index (χ2v) is 5.61. The first kappa shape index (κ1) is 15.3. The summed E-state index contributed by atoms with van der Waals surface area (Å²) in [5.41, 5.74) is 0. The van der Waals surface area contributed by atoms with Crippen LogP contribution in [0.5, 0.6) is 0 Å². The molecule has 2 fully saturated rings. The largest absolute Gasteiger partial charge is 0.481 e. The highest BCUT2D eigenvalue weighted by molar-refractivity contribution is 6.04. The Morgan fingerprint density at radius 2 is 2.00 bits per heavy atom. The van der Waals surface area contributed by atoms with E-state index < -0.39 is 17.9 Å². The monoisotopic (exact) mass is 297 g/mol. The first-order valence-corrected chi connectivity index (χ1v) is 6.89. The summed E-state index contributed by atoms with van der Waals surface area (Å²) in [5, 5.41) is 9.00. The van der Waals surface area contributed by atoms with Crippen molar-refractivity contribution in [3.63, 3.8) is 0 Å². The first-order chi connectivity index (χ1) is 9.81. The summed E-state index contributed by atoms with van der Waals surface area (Å²) in [5.74, 6) is -1.99. The third-order valence-corrected chi connectivity index (χ3v) is 4.07. The molecule has 0 aromatic heterocycles. The Kier molecular flexibility index (Phi) is 4.15. The zero-order valence-corrected chi connectivity index (χ0v) is 12.1. The first-order valence-electron chi connectivity index (χ1n) is 6.89. The number of carbonyl (C=O) groups excluding carboxylic acids is 3. The van der Waals surface area contributed by atoms with Gasteiger partial charge >= 0.3 is 12.0 Å². The molecule has 1 N–H and O–H groups in total. The van der Waals surface area contributed by atoms with Crippen molar-refractivity contribution in [1.29, 1.82) is 0 Å². The van der Waals surface area contributed by atoms with E-state index >= 15 is 0 Å². The summed E-state index contributed by atoms with van der Waals surface area (Å²) < 4.78 is 0. The molecule has 0 bridgehead atoms. The highest BCUT2D eigenvalue weighted by atomic mass is 16.4. The molecule has 8 nitrogen and oxygen atoms in total. The molecule has 8 heteroatoms. The third-order valence-electron chi connectivity index (χ3n) is 4.07. The summed E-state index contributed by atoms with van der Waals surface area (Å²) in [6, 6.07) is -0.681. The standard InChI is InChI=1S/C13H19N3O5/c1-8-5-9(12(19)20)3-4-15(8)11(18)7-16-10(17)6-14(2)13(16)21/h8-9H,3-7H2,1-2H3,(H,19,20). The number of amides is 4. The Morgan fingerprint density at radius 3 is 2.48 bits per heavy atom. The van der Waals surface area contributed by atoms with Gasteiger partial charge < -0.3 is 14.9 Å². The van der Waals surface area contributed by atoms with E-state index in [1.807, 2.05) is 0 Å². The normalized spacial score (nSPS) is 26.5. The minimum absolute atomic E-state index is 0.0112. The number of carboxylic acids is 1. The quantitative estimate of drug-likeness (QED) is 0.714. The maximum Gasteiger partial charge on any atom is 0.327 e. The zero-order valence-electron chi connectivity index (χ0n) is 12.1. The van der Waals surface area contributed by atoms with Gasteiger partial charge in [0, 0.05) is 19.6 Å². The van der Waals surface area contributed by atoms with Gasteiger partial charge in [-0.15, -0.1) is 0 Å². The van der Waals surface area contributed by atoms with Crippen molar-refractivity contribution in [2.24, 2.45) is 5.92 Å². The lowest BCUT2D eigenvalue weighted by Gasteiger charge is -2.36. The molecule has 0 radical (unpaired) electrons. The second kappa shape index (κ2) is 5.71. The van der Waals surface area contributed by atoms with E-state index in [2.05, 4.69) is 0 Å². The molecule has 2 rings (SSSR count). The van der Waals surface area contributed by atoms with Crippen molar-refractivity contribution >= 4 is 23.8 Å². The highest BCUT2D eigenvalue weighted by Crippen LogP contribution is 2.23. The number of piperidine rings is 1. The smallest absolute Gasteiger partial charge is 0.327 e. The topological polar surface area (TPSA) is 98.2 Å². The summed E-state index contributed by atoms with van der Waals surface area (Å²) in [6.45, 7) is 1.84. The van der Waals surface area contributed by atoms with Crippen molar-refractivity contribution in [2.45, 2.75) is 25.8 Å². The number of likely N-dealkylation sites (N-methyl/N-ethyl adjacent to an activating group) is 1. The van der Waals surface area contributed by atoms with Crippen LogP contribution in [0.2, 0.25) is 0 Å². The average molecular weight is 297 g/mol. The lowest BCUT2D eigenvalue weighted by atomic mass is 9.91. The van der Waals surface area contributed by atoms with Crippen LogP contribution < -0.4 is 0 Å². The fraction of sp³-hybridized carbons (Fsp3) is 0.692. The van der Waals surface area contributed by atoms with Crippen LogP contribution in [-0.2, 0) is 14.4 Å². The molecule has 4 amide bonds. The van der Waals surface area contributed by atoms with E-state index in [0.29, 0.717) is 19.4 Å². The zero-order chi connectivity index (χ0) is 15.7.